The third-order valence-corrected chi connectivity index (χ3v) is 4.00. The standard InChI is InChI=1S/C19H16F3N3O3/c1-12-11-16(26)17(18(27)23-9-8-13-5-4-10-28-13)24-25(12)15-7-3-2-6-14(15)19(20,21)22/h2-7,10-11H,8-9H2,1H3,(H,23,27). The Balaban J connectivity index is 1.91. The Bertz CT molecular complexity index is 1040. The summed E-state index contributed by atoms with van der Waals surface area (Å²) in [5, 5.41) is 6.42. The summed E-state index contributed by atoms with van der Waals surface area (Å²) in [6.45, 7) is 1.63. The van der Waals surface area contributed by atoms with E-state index < -0.39 is 28.8 Å². The monoisotopic (exact) mass is 391 g/mol. The van der Waals surface area contributed by atoms with Gasteiger partial charge in [-0.25, -0.2) is 4.68 Å². The summed E-state index contributed by atoms with van der Waals surface area (Å²) in [5.74, 6) is -0.122. The van der Waals surface area contributed by atoms with Gasteiger partial charge in [-0.15, -0.1) is 0 Å². The van der Waals surface area contributed by atoms with Crippen molar-refractivity contribution in [1.29, 1.82) is 0 Å². The molecule has 0 aliphatic heterocycles. The number of para-hydroxylation sites is 1. The summed E-state index contributed by atoms with van der Waals surface area (Å²) in [6, 6.07) is 9.34. The summed E-state index contributed by atoms with van der Waals surface area (Å²) in [7, 11) is 0. The summed E-state index contributed by atoms with van der Waals surface area (Å²) in [5.41, 5.74) is -2.17. The first-order chi connectivity index (χ1) is 13.3. The van der Waals surface area contributed by atoms with Gasteiger partial charge in [0.05, 0.1) is 17.5 Å². The lowest BCUT2D eigenvalue weighted by atomic mass is 10.1. The summed E-state index contributed by atoms with van der Waals surface area (Å²) >= 11 is 0. The third kappa shape index (κ3) is 4.13. The summed E-state index contributed by atoms with van der Waals surface area (Å²) in [6.07, 6.45) is -2.72. The average molecular weight is 391 g/mol. The molecule has 0 fully saturated rings. The van der Waals surface area contributed by atoms with Crippen LogP contribution in [0, 0.1) is 6.92 Å². The van der Waals surface area contributed by atoms with E-state index in [1.165, 1.54) is 31.4 Å². The minimum atomic E-state index is -4.61. The molecule has 9 heteroatoms. The molecule has 0 spiro atoms. The van der Waals surface area contributed by atoms with Gasteiger partial charge < -0.3 is 9.73 Å². The van der Waals surface area contributed by atoms with Crippen LogP contribution in [0.25, 0.3) is 5.69 Å². The summed E-state index contributed by atoms with van der Waals surface area (Å²) < 4.78 is 46.0. The second kappa shape index (κ2) is 7.71. The number of aryl methyl sites for hydroxylation is 1. The fourth-order valence-corrected chi connectivity index (χ4v) is 2.68. The van der Waals surface area contributed by atoms with Gasteiger partial charge in [-0.3, -0.25) is 9.59 Å². The number of nitrogens with one attached hydrogen (secondary N) is 1. The van der Waals surface area contributed by atoms with Gasteiger partial charge in [0.2, 0.25) is 5.43 Å². The number of halogens is 3. The molecule has 0 unspecified atom stereocenters. The first kappa shape index (κ1) is 19.4. The number of alkyl halides is 3. The van der Waals surface area contributed by atoms with Crippen molar-refractivity contribution in [3.05, 3.63) is 81.7 Å². The van der Waals surface area contributed by atoms with E-state index in [9.17, 15) is 22.8 Å². The minimum Gasteiger partial charge on any atom is -0.469 e. The number of aromatic nitrogens is 2. The molecule has 1 amide bonds. The van der Waals surface area contributed by atoms with E-state index in [0.717, 1.165) is 16.8 Å². The number of benzene rings is 1. The fraction of sp³-hybridized carbons (Fsp3) is 0.211. The number of carbonyl (C=O) groups excluding carboxylic acids is 1. The Labute approximate surface area is 157 Å². The van der Waals surface area contributed by atoms with Crippen molar-refractivity contribution in [1.82, 2.24) is 15.1 Å². The second-order valence-electron chi connectivity index (χ2n) is 6.01. The van der Waals surface area contributed by atoms with E-state index >= 15 is 0 Å². The van der Waals surface area contributed by atoms with E-state index in [1.807, 2.05) is 0 Å². The van der Waals surface area contributed by atoms with Gasteiger partial charge in [0.15, 0.2) is 5.69 Å². The molecular weight excluding hydrogens is 375 g/mol. The molecule has 0 aliphatic carbocycles. The topological polar surface area (TPSA) is 77.1 Å². The molecule has 3 aromatic rings. The van der Waals surface area contributed by atoms with Gasteiger partial charge in [-0.2, -0.15) is 18.3 Å². The van der Waals surface area contributed by atoms with Crippen LogP contribution >= 0.6 is 0 Å². The molecule has 0 radical (unpaired) electrons. The van der Waals surface area contributed by atoms with Crippen molar-refractivity contribution >= 4 is 5.91 Å². The van der Waals surface area contributed by atoms with Crippen LogP contribution in [0.5, 0.6) is 0 Å². The van der Waals surface area contributed by atoms with E-state index in [2.05, 4.69) is 10.4 Å². The predicted octanol–water partition coefficient (Wildman–Crippen LogP) is 3.13. The Morgan fingerprint density at radius 3 is 2.64 bits per heavy atom. The van der Waals surface area contributed by atoms with Crippen LogP contribution in [-0.2, 0) is 12.6 Å². The van der Waals surface area contributed by atoms with Crippen LogP contribution in [0.1, 0.15) is 27.5 Å². The average Bonchev–Trinajstić information content (AvgIpc) is 3.14. The maximum absolute atomic E-state index is 13.3. The van der Waals surface area contributed by atoms with Gasteiger partial charge in [0.1, 0.15) is 5.76 Å². The molecule has 0 aliphatic rings. The molecule has 0 bridgehead atoms. The van der Waals surface area contributed by atoms with Gasteiger partial charge in [0, 0.05) is 24.7 Å². The predicted molar refractivity (Wildman–Crippen MR) is 94.3 cm³/mol. The number of nitrogens with zero attached hydrogens (tertiary/aromatic N) is 2. The number of hydrogen-bond donors (Lipinski definition) is 1. The second-order valence-corrected chi connectivity index (χ2v) is 6.01. The van der Waals surface area contributed by atoms with Gasteiger partial charge >= 0.3 is 6.18 Å². The normalized spacial score (nSPS) is 11.4. The molecule has 2 aromatic heterocycles. The van der Waals surface area contributed by atoms with Crippen molar-refractivity contribution in [3.8, 4) is 5.69 Å². The summed E-state index contributed by atoms with van der Waals surface area (Å²) in [4.78, 5) is 24.5. The lowest BCUT2D eigenvalue weighted by molar-refractivity contribution is -0.137. The highest BCUT2D eigenvalue weighted by atomic mass is 19.4. The van der Waals surface area contributed by atoms with Crippen molar-refractivity contribution < 1.29 is 22.4 Å². The fourth-order valence-electron chi connectivity index (χ4n) is 2.68. The molecule has 1 N–H and O–H groups in total. The zero-order valence-electron chi connectivity index (χ0n) is 14.8. The lowest BCUT2D eigenvalue weighted by Crippen LogP contribution is -2.33. The highest BCUT2D eigenvalue weighted by Crippen LogP contribution is 2.33. The molecule has 146 valence electrons. The number of rotatable bonds is 5. The Morgan fingerprint density at radius 1 is 1.21 bits per heavy atom. The number of amides is 1. The Hall–Kier alpha value is -3.36. The van der Waals surface area contributed by atoms with Crippen LogP contribution < -0.4 is 10.7 Å². The maximum atomic E-state index is 13.3. The molecule has 3 rings (SSSR count). The minimum absolute atomic E-state index is 0.175. The number of hydrogen-bond acceptors (Lipinski definition) is 4. The Morgan fingerprint density at radius 2 is 1.96 bits per heavy atom. The maximum Gasteiger partial charge on any atom is 0.418 e. The quantitative estimate of drug-likeness (QED) is 0.725. The van der Waals surface area contributed by atoms with Crippen molar-refractivity contribution in [2.45, 2.75) is 19.5 Å². The van der Waals surface area contributed by atoms with Crippen molar-refractivity contribution in [3.63, 3.8) is 0 Å². The zero-order valence-corrected chi connectivity index (χ0v) is 14.8. The molecule has 0 atom stereocenters. The van der Waals surface area contributed by atoms with Crippen LogP contribution in [0.3, 0.4) is 0 Å². The lowest BCUT2D eigenvalue weighted by Gasteiger charge is -2.16. The molecule has 28 heavy (non-hydrogen) atoms. The molecule has 0 saturated carbocycles. The van der Waals surface area contributed by atoms with Gasteiger partial charge in [-0.1, -0.05) is 12.1 Å². The van der Waals surface area contributed by atoms with Crippen LogP contribution in [0.15, 0.2) is 57.9 Å². The van der Waals surface area contributed by atoms with Crippen molar-refractivity contribution in [2.75, 3.05) is 6.54 Å². The van der Waals surface area contributed by atoms with E-state index in [1.54, 1.807) is 12.1 Å². The van der Waals surface area contributed by atoms with E-state index in [4.69, 9.17) is 4.42 Å². The Kier molecular flexibility index (Phi) is 5.34. The van der Waals surface area contributed by atoms with Crippen LogP contribution in [0.4, 0.5) is 13.2 Å². The highest BCUT2D eigenvalue weighted by Gasteiger charge is 2.34. The molecule has 2 heterocycles. The van der Waals surface area contributed by atoms with E-state index in [0.29, 0.717) is 12.2 Å². The molecule has 6 nitrogen and oxygen atoms in total. The van der Waals surface area contributed by atoms with Gasteiger partial charge in [0.25, 0.3) is 5.91 Å². The van der Waals surface area contributed by atoms with Crippen molar-refractivity contribution in [2.24, 2.45) is 0 Å². The SMILES string of the molecule is Cc1cc(=O)c(C(=O)NCCc2ccco2)nn1-c1ccccc1C(F)(F)F. The molecular formula is C19H16F3N3O3. The molecule has 1 aromatic carbocycles. The van der Waals surface area contributed by atoms with E-state index in [-0.39, 0.29) is 17.9 Å². The first-order valence-electron chi connectivity index (χ1n) is 8.35. The third-order valence-electron chi connectivity index (χ3n) is 4.00. The largest absolute Gasteiger partial charge is 0.469 e. The zero-order chi connectivity index (χ0) is 20.3. The smallest absolute Gasteiger partial charge is 0.418 e. The van der Waals surface area contributed by atoms with Crippen LogP contribution in [0.2, 0.25) is 0 Å². The highest BCUT2D eigenvalue weighted by molar-refractivity contribution is 5.92. The number of carbonyl (C=O) groups is 1. The van der Waals surface area contributed by atoms with Crippen LogP contribution in [-0.4, -0.2) is 22.2 Å². The first-order valence-corrected chi connectivity index (χ1v) is 8.35. The number of furan rings is 1. The van der Waals surface area contributed by atoms with Gasteiger partial charge in [-0.05, 0) is 31.2 Å². The molecule has 0 saturated heterocycles.